The largest absolute Gasteiger partial charge is 0.448 e. The van der Waals surface area contributed by atoms with Crippen LogP contribution in [-0.2, 0) is 9.48 Å². The van der Waals surface area contributed by atoms with E-state index in [9.17, 15) is 18.0 Å². The first-order valence-corrected chi connectivity index (χ1v) is 12.3. The molecule has 4 nitrogen and oxygen atoms in total. The second-order valence-electron chi connectivity index (χ2n) is 9.28. The Hall–Kier alpha value is -3.13. The molecule has 1 aliphatic carbocycles. The molecule has 3 aromatic carbocycles. The summed E-state index contributed by atoms with van der Waals surface area (Å²) in [5.74, 6) is -0.111. The molecule has 0 radical (unpaired) electrons. The zero-order chi connectivity index (χ0) is 24.4. The Morgan fingerprint density at radius 2 is 1.74 bits per heavy atom. The number of hydrogen-bond donors (Lipinski definition) is 1. The summed E-state index contributed by atoms with van der Waals surface area (Å²) in [6.45, 7) is 2.17. The molecule has 6 rings (SSSR count). The van der Waals surface area contributed by atoms with Crippen molar-refractivity contribution in [3.8, 4) is 11.1 Å². The van der Waals surface area contributed by atoms with Crippen LogP contribution < -0.4 is 5.32 Å². The van der Waals surface area contributed by atoms with Gasteiger partial charge in [0.25, 0.3) is 0 Å². The lowest BCUT2D eigenvalue weighted by atomic mass is 9.96. The standard InChI is InChI=1S/C27H23F3N2O2S/c1-16-10-11-23-22(14-16)26(35-27(28,29)30)12-13-32(24(26)31-23)25(33)34-15-21-19-8-4-2-6-17(19)18-7-3-5-9-20(18)21/h2-11,14,21,24,31H,12-13,15H2,1H3/t24-,26+/m0/s1. The van der Waals surface area contributed by atoms with Crippen LogP contribution in [0.3, 0.4) is 0 Å². The number of thioether (sulfide) groups is 1. The number of anilines is 1. The van der Waals surface area contributed by atoms with E-state index in [1.807, 2.05) is 49.4 Å². The number of ether oxygens (including phenoxy) is 1. The minimum absolute atomic E-state index is 0.0322. The number of amides is 1. The SMILES string of the molecule is Cc1ccc2c(c1)[C@]1(SC(F)(F)F)CCN(C(=O)OCC3c4ccccc4-c4ccccc43)[C@@H]1N2. The molecule has 0 aromatic heterocycles. The van der Waals surface area contributed by atoms with Crippen molar-refractivity contribution in [3.05, 3.63) is 89.0 Å². The lowest BCUT2D eigenvalue weighted by molar-refractivity contribution is -0.0347. The van der Waals surface area contributed by atoms with Gasteiger partial charge in [0.2, 0.25) is 0 Å². The molecule has 180 valence electrons. The van der Waals surface area contributed by atoms with Crippen LogP contribution in [0, 0.1) is 6.92 Å². The van der Waals surface area contributed by atoms with Crippen LogP contribution in [0.5, 0.6) is 0 Å². The van der Waals surface area contributed by atoms with E-state index in [-0.39, 0.29) is 37.3 Å². The highest BCUT2D eigenvalue weighted by molar-refractivity contribution is 8.01. The first-order chi connectivity index (χ1) is 16.8. The molecule has 1 fully saturated rings. The Kier molecular flexibility index (Phi) is 5.07. The average Bonchev–Trinajstić information content (AvgIpc) is 3.43. The number of halogens is 3. The van der Waals surface area contributed by atoms with Crippen LogP contribution in [0.4, 0.5) is 23.7 Å². The Labute approximate surface area is 205 Å². The van der Waals surface area contributed by atoms with Crippen LogP contribution in [0.25, 0.3) is 11.1 Å². The van der Waals surface area contributed by atoms with Crippen LogP contribution >= 0.6 is 11.8 Å². The number of carbonyl (C=O) groups excluding carboxylic acids is 1. The van der Waals surface area contributed by atoms with Crippen molar-refractivity contribution in [1.29, 1.82) is 0 Å². The molecule has 0 unspecified atom stereocenters. The summed E-state index contributed by atoms with van der Waals surface area (Å²) in [7, 11) is 0. The third kappa shape index (κ3) is 3.57. The highest BCUT2D eigenvalue weighted by atomic mass is 32.2. The smallest absolute Gasteiger partial charge is 0.442 e. The molecule has 3 aromatic rings. The van der Waals surface area contributed by atoms with Crippen LogP contribution in [0.1, 0.15) is 34.6 Å². The van der Waals surface area contributed by atoms with Gasteiger partial charge in [0.05, 0.1) is 4.75 Å². The minimum atomic E-state index is -4.44. The van der Waals surface area contributed by atoms with Gasteiger partial charge < -0.3 is 10.1 Å². The highest BCUT2D eigenvalue weighted by Gasteiger charge is 2.60. The number of likely N-dealkylation sites (tertiary alicyclic amines) is 1. The Balaban J connectivity index is 1.26. The van der Waals surface area contributed by atoms with Gasteiger partial charge in [-0.25, -0.2) is 4.79 Å². The van der Waals surface area contributed by atoms with Gasteiger partial charge in [-0.1, -0.05) is 66.2 Å². The number of fused-ring (bicyclic) bond motifs is 6. The molecule has 0 saturated carbocycles. The van der Waals surface area contributed by atoms with Crippen LogP contribution in [0.2, 0.25) is 0 Å². The van der Waals surface area contributed by atoms with Crippen LogP contribution in [-0.4, -0.2) is 35.8 Å². The number of aryl methyl sites for hydroxylation is 1. The van der Waals surface area contributed by atoms with Gasteiger partial charge in [0.15, 0.2) is 0 Å². The topological polar surface area (TPSA) is 41.6 Å². The summed E-state index contributed by atoms with van der Waals surface area (Å²) in [6, 6.07) is 21.5. The van der Waals surface area contributed by atoms with Crippen molar-refractivity contribution in [1.82, 2.24) is 4.90 Å². The molecule has 2 heterocycles. The maximum Gasteiger partial charge on any atom is 0.442 e. The number of rotatable bonds is 3. The van der Waals surface area contributed by atoms with Gasteiger partial charge in [-0.3, -0.25) is 4.90 Å². The van der Waals surface area contributed by atoms with Crippen molar-refractivity contribution in [3.63, 3.8) is 0 Å². The fourth-order valence-electron chi connectivity index (χ4n) is 5.80. The maximum atomic E-state index is 13.7. The van der Waals surface area contributed by atoms with Crippen molar-refractivity contribution >= 4 is 23.5 Å². The van der Waals surface area contributed by atoms with E-state index >= 15 is 0 Å². The summed E-state index contributed by atoms with van der Waals surface area (Å²) < 4.78 is 45.6. The molecule has 2 aliphatic heterocycles. The number of alkyl halides is 3. The van der Waals surface area contributed by atoms with Crippen LogP contribution in [0.15, 0.2) is 66.7 Å². The molecule has 0 spiro atoms. The van der Waals surface area contributed by atoms with Gasteiger partial charge in [-0.2, -0.15) is 13.2 Å². The molecule has 35 heavy (non-hydrogen) atoms. The minimum Gasteiger partial charge on any atom is -0.448 e. The first kappa shape index (κ1) is 22.3. The molecule has 0 bridgehead atoms. The summed E-state index contributed by atoms with van der Waals surface area (Å²) in [5, 5.41) is 3.18. The van der Waals surface area contributed by atoms with E-state index in [0.717, 1.165) is 27.8 Å². The van der Waals surface area contributed by atoms with Gasteiger partial charge in [-0.15, -0.1) is 0 Å². The highest BCUT2D eigenvalue weighted by Crippen LogP contribution is 2.60. The monoisotopic (exact) mass is 496 g/mol. The van der Waals surface area contributed by atoms with Gasteiger partial charge in [0, 0.05) is 18.2 Å². The summed E-state index contributed by atoms with van der Waals surface area (Å²) in [4.78, 5) is 14.7. The molecular formula is C27H23F3N2O2S. The first-order valence-electron chi connectivity index (χ1n) is 11.5. The number of benzene rings is 3. The van der Waals surface area contributed by atoms with Gasteiger partial charge in [-0.05, 0) is 59.0 Å². The van der Waals surface area contributed by atoms with Crippen molar-refractivity contribution < 1.29 is 22.7 Å². The fourth-order valence-corrected chi connectivity index (χ4v) is 6.99. The Bertz CT molecular complexity index is 1280. The van der Waals surface area contributed by atoms with E-state index in [1.54, 1.807) is 12.1 Å². The lowest BCUT2D eigenvalue weighted by Crippen LogP contribution is -2.46. The summed E-state index contributed by atoms with van der Waals surface area (Å²) in [5.41, 5.74) is 2.09. The maximum absolute atomic E-state index is 13.7. The average molecular weight is 497 g/mol. The Morgan fingerprint density at radius 3 is 2.40 bits per heavy atom. The third-order valence-electron chi connectivity index (χ3n) is 7.27. The predicted octanol–water partition coefficient (Wildman–Crippen LogP) is 6.85. The number of nitrogens with one attached hydrogen (secondary N) is 1. The molecular weight excluding hydrogens is 473 g/mol. The molecule has 1 saturated heterocycles. The van der Waals surface area contributed by atoms with Crippen molar-refractivity contribution in [2.75, 3.05) is 18.5 Å². The zero-order valence-corrected chi connectivity index (χ0v) is 19.7. The van der Waals surface area contributed by atoms with Gasteiger partial charge >= 0.3 is 11.6 Å². The van der Waals surface area contributed by atoms with E-state index in [0.29, 0.717) is 11.3 Å². The Morgan fingerprint density at radius 1 is 1.09 bits per heavy atom. The summed E-state index contributed by atoms with van der Waals surface area (Å²) >= 11 is -0.0322. The predicted molar refractivity (Wildman–Crippen MR) is 130 cm³/mol. The normalized spacial score (nSPS) is 22.3. The number of nitrogens with zero attached hydrogens (tertiary/aromatic N) is 1. The zero-order valence-electron chi connectivity index (χ0n) is 18.9. The molecule has 1 amide bonds. The van der Waals surface area contributed by atoms with E-state index in [1.165, 1.54) is 4.90 Å². The number of hydrogen-bond acceptors (Lipinski definition) is 4. The van der Waals surface area contributed by atoms with Gasteiger partial charge in [0.1, 0.15) is 12.8 Å². The number of carbonyl (C=O) groups is 1. The summed E-state index contributed by atoms with van der Waals surface area (Å²) in [6.07, 6.45) is -1.24. The quantitative estimate of drug-likeness (QED) is 0.431. The molecule has 8 heteroatoms. The molecule has 1 N–H and O–H groups in total. The molecule has 2 atom stereocenters. The van der Waals surface area contributed by atoms with Crippen molar-refractivity contribution in [2.45, 2.75) is 35.7 Å². The fraction of sp³-hybridized carbons (Fsp3) is 0.296. The van der Waals surface area contributed by atoms with E-state index in [4.69, 9.17) is 4.74 Å². The van der Waals surface area contributed by atoms with E-state index < -0.39 is 22.5 Å². The van der Waals surface area contributed by atoms with E-state index in [2.05, 4.69) is 17.4 Å². The lowest BCUT2D eigenvalue weighted by Gasteiger charge is -2.32. The molecule has 3 aliphatic rings. The second-order valence-corrected chi connectivity index (χ2v) is 10.7. The second kappa shape index (κ2) is 7.95. The van der Waals surface area contributed by atoms with Crippen molar-refractivity contribution in [2.24, 2.45) is 0 Å². The third-order valence-corrected chi connectivity index (χ3v) is 8.51.